The fourth-order valence-electron chi connectivity index (χ4n) is 0.767. The summed E-state index contributed by atoms with van der Waals surface area (Å²) in [6.07, 6.45) is 0. The summed E-state index contributed by atoms with van der Waals surface area (Å²) in [6, 6.07) is 0. The summed E-state index contributed by atoms with van der Waals surface area (Å²) >= 11 is 3.22. The van der Waals surface area contributed by atoms with Gasteiger partial charge in [-0.15, -0.1) is 11.3 Å². The van der Waals surface area contributed by atoms with E-state index in [4.69, 9.17) is 5.73 Å². The zero-order valence-corrected chi connectivity index (χ0v) is 8.84. The summed E-state index contributed by atoms with van der Waals surface area (Å²) in [5, 5.41) is 4.74. The van der Waals surface area contributed by atoms with E-state index in [0.717, 1.165) is 11.4 Å². The summed E-state index contributed by atoms with van der Waals surface area (Å²) in [7, 11) is 0. The lowest BCUT2D eigenvalue weighted by Gasteiger charge is -1.96. The molecular weight excluding hydrogens is 188 g/mol. The molecule has 0 aliphatic rings. The minimum Gasteiger partial charge on any atom is -0.378 e. The van der Waals surface area contributed by atoms with E-state index in [-0.39, 0.29) is 0 Å². The number of thiophene rings is 1. The van der Waals surface area contributed by atoms with Crippen LogP contribution in [0.1, 0.15) is 12.5 Å². The Kier molecular flexibility index (Phi) is 3.62. The largest absolute Gasteiger partial charge is 0.378 e. The highest BCUT2D eigenvalue weighted by Crippen LogP contribution is 2.23. The van der Waals surface area contributed by atoms with Crippen LogP contribution in [0.3, 0.4) is 0 Å². The lowest BCUT2D eigenvalue weighted by Crippen LogP contribution is -2.05. The van der Waals surface area contributed by atoms with Crippen molar-refractivity contribution >= 4 is 34.0 Å². The molecule has 0 aliphatic heterocycles. The fraction of sp³-hybridized carbons (Fsp3) is 0.375. The normalized spacial score (nSPS) is 12.0. The predicted octanol–water partition coefficient (Wildman–Crippen LogP) is 2.76. The van der Waals surface area contributed by atoms with E-state index in [1.807, 2.05) is 12.3 Å². The lowest BCUT2D eigenvalue weighted by molar-refractivity contribution is 1.45. The summed E-state index contributed by atoms with van der Waals surface area (Å²) < 4.78 is 0. The van der Waals surface area contributed by atoms with Crippen molar-refractivity contribution in [2.24, 2.45) is 10.7 Å². The third-order valence-corrected chi connectivity index (χ3v) is 2.88. The highest BCUT2D eigenvalue weighted by molar-refractivity contribution is 8.13. The lowest BCUT2D eigenvalue weighted by atomic mass is 10.3. The molecule has 0 saturated heterocycles. The van der Waals surface area contributed by atoms with Gasteiger partial charge in [-0.25, -0.2) is 4.99 Å². The maximum atomic E-state index is 5.66. The standard InChI is InChI=1S/C8H12N2S2/c1-3-12-8(9)10-7-5-11-4-6(7)2/h4-5H,3H2,1-2H3,(H2,9,10). The van der Waals surface area contributed by atoms with Gasteiger partial charge in [0, 0.05) is 5.38 Å². The Hall–Kier alpha value is -0.480. The number of thioether (sulfide) groups is 1. The van der Waals surface area contributed by atoms with E-state index in [2.05, 4.69) is 17.3 Å². The van der Waals surface area contributed by atoms with Crippen molar-refractivity contribution in [2.45, 2.75) is 13.8 Å². The van der Waals surface area contributed by atoms with Crippen LogP contribution in [0.2, 0.25) is 0 Å². The highest BCUT2D eigenvalue weighted by atomic mass is 32.2. The number of nitrogens with zero attached hydrogens (tertiary/aromatic N) is 1. The van der Waals surface area contributed by atoms with Gasteiger partial charge in [0.15, 0.2) is 5.17 Å². The van der Waals surface area contributed by atoms with Crippen LogP contribution in [0.25, 0.3) is 0 Å². The molecule has 0 fully saturated rings. The number of aryl methyl sites for hydroxylation is 1. The van der Waals surface area contributed by atoms with Crippen molar-refractivity contribution in [1.82, 2.24) is 0 Å². The maximum absolute atomic E-state index is 5.66. The van der Waals surface area contributed by atoms with Crippen LogP contribution < -0.4 is 5.73 Å². The Morgan fingerprint density at radius 1 is 1.67 bits per heavy atom. The van der Waals surface area contributed by atoms with Gasteiger partial charge in [-0.3, -0.25) is 0 Å². The molecule has 0 saturated carbocycles. The first-order valence-corrected chi connectivity index (χ1v) is 5.66. The number of amidine groups is 1. The first-order chi connectivity index (χ1) is 5.74. The zero-order valence-electron chi connectivity index (χ0n) is 7.20. The second-order valence-electron chi connectivity index (χ2n) is 2.32. The Morgan fingerprint density at radius 2 is 2.42 bits per heavy atom. The van der Waals surface area contributed by atoms with Gasteiger partial charge in [-0.05, 0) is 23.6 Å². The second-order valence-corrected chi connectivity index (χ2v) is 4.35. The molecule has 0 unspecified atom stereocenters. The predicted molar refractivity (Wildman–Crippen MR) is 58.5 cm³/mol. The molecule has 0 aromatic carbocycles. The summed E-state index contributed by atoms with van der Waals surface area (Å²) in [4.78, 5) is 4.28. The first-order valence-electron chi connectivity index (χ1n) is 3.73. The van der Waals surface area contributed by atoms with E-state index in [9.17, 15) is 0 Å². The van der Waals surface area contributed by atoms with Crippen LogP contribution in [-0.2, 0) is 0 Å². The molecule has 1 rings (SSSR count). The van der Waals surface area contributed by atoms with E-state index < -0.39 is 0 Å². The van der Waals surface area contributed by atoms with Crippen molar-refractivity contribution in [3.8, 4) is 0 Å². The van der Waals surface area contributed by atoms with Crippen LogP contribution in [0.15, 0.2) is 15.8 Å². The van der Waals surface area contributed by atoms with Crippen molar-refractivity contribution in [1.29, 1.82) is 0 Å². The molecule has 0 amide bonds. The molecule has 0 spiro atoms. The molecule has 12 heavy (non-hydrogen) atoms. The second kappa shape index (κ2) is 4.52. The third-order valence-electron chi connectivity index (χ3n) is 1.35. The molecule has 1 heterocycles. The van der Waals surface area contributed by atoms with E-state index in [0.29, 0.717) is 5.17 Å². The molecule has 0 radical (unpaired) electrons. The Morgan fingerprint density at radius 3 is 2.92 bits per heavy atom. The topological polar surface area (TPSA) is 38.4 Å². The van der Waals surface area contributed by atoms with Crippen molar-refractivity contribution < 1.29 is 0 Å². The summed E-state index contributed by atoms with van der Waals surface area (Å²) in [5.41, 5.74) is 7.85. The van der Waals surface area contributed by atoms with Gasteiger partial charge >= 0.3 is 0 Å². The molecule has 1 aromatic rings. The third kappa shape index (κ3) is 2.53. The van der Waals surface area contributed by atoms with Crippen LogP contribution in [0.5, 0.6) is 0 Å². The van der Waals surface area contributed by atoms with Crippen LogP contribution >= 0.6 is 23.1 Å². The van der Waals surface area contributed by atoms with Gasteiger partial charge in [0.05, 0.1) is 5.69 Å². The number of hydrogen-bond donors (Lipinski definition) is 1. The number of aliphatic imine (C=N–C) groups is 1. The summed E-state index contributed by atoms with van der Waals surface area (Å²) in [6.45, 7) is 4.10. The zero-order chi connectivity index (χ0) is 8.97. The minimum absolute atomic E-state index is 0.652. The number of rotatable bonds is 2. The monoisotopic (exact) mass is 200 g/mol. The van der Waals surface area contributed by atoms with Crippen molar-refractivity contribution in [2.75, 3.05) is 5.75 Å². The van der Waals surface area contributed by atoms with E-state index in [1.54, 1.807) is 23.1 Å². The molecule has 0 bridgehead atoms. The Labute approximate surface area is 80.9 Å². The first kappa shape index (κ1) is 9.61. The smallest absolute Gasteiger partial charge is 0.159 e. The van der Waals surface area contributed by atoms with Crippen LogP contribution in [-0.4, -0.2) is 10.9 Å². The summed E-state index contributed by atoms with van der Waals surface area (Å²) in [5.74, 6) is 0.971. The molecule has 2 nitrogen and oxygen atoms in total. The Balaban J connectivity index is 2.73. The van der Waals surface area contributed by atoms with Gasteiger partial charge in [0.25, 0.3) is 0 Å². The number of hydrogen-bond acceptors (Lipinski definition) is 3. The molecular formula is C8H12N2S2. The van der Waals surface area contributed by atoms with E-state index in [1.165, 1.54) is 5.56 Å². The van der Waals surface area contributed by atoms with Crippen LogP contribution in [0, 0.1) is 6.92 Å². The van der Waals surface area contributed by atoms with Gasteiger partial charge in [-0.2, -0.15) is 0 Å². The van der Waals surface area contributed by atoms with Crippen LogP contribution in [0.4, 0.5) is 5.69 Å². The molecule has 0 aliphatic carbocycles. The SMILES string of the molecule is CCSC(N)=Nc1cscc1C. The number of nitrogens with two attached hydrogens (primary N) is 1. The van der Waals surface area contributed by atoms with Gasteiger partial charge in [0.1, 0.15) is 0 Å². The van der Waals surface area contributed by atoms with Crippen molar-refractivity contribution in [3.05, 3.63) is 16.3 Å². The molecule has 4 heteroatoms. The fourth-order valence-corrected chi connectivity index (χ4v) is 1.99. The van der Waals surface area contributed by atoms with E-state index >= 15 is 0 Å². The maximum Gasteiger partial charge on any atom is 0.159 e. The highest BCUT2D eigenvalue weighted by Gasteiger charge is 1.97. The van der Waals surface area contributed by atoms with Gasteiger partial charge in [-0.1, -0.05) is 18.7 Å². The van der Waals surface area contributed by atoms with Gasteiger partial charge in [0.2, 0.25) is 0 Å². The van der Waals surface area contributed by atoms with Gasteiger partial charge < -0.3 is 5.73 Å². The molecule has 1 aromatic heterocycles. The average Bonchev–Trinajstić information content (AvgIpc) is 2.37. The van der Waals surface area contributed by atoms with Crippen molar-refractivity contribution in [3.63, 3.8) is 0 Å². The minimum atomic E-state index is 0.652. The Bertz CT molecular complexity index is 278. The molecule has 2 N–H and O–H groups in total. The molecule has 66 valence electrons. The molecule has 0 atom stereocenters. The average molecular weight is 200 g/mol. The quantitative estimate of drug-likeness (QED) is 0.589.